The molecule has 4 aromatic rings. The predicted molar refractivity (Wildman–Crippen MR) is 96.9 cm³/mol. The second-order valence-corrected chi connectivity index (χ2v) is 6.08. The molecule has 120 valence electrons. The Hall–Kier alpha value is -2.95. The largest absolute Gasteiger partial charge is 0.337 e. The van der Waals surface area contributed by atoms with Crippen LogP contribution in [0, 0.1) is 13.8 Å². The van der Waals surface area contributed by atoms with Crippen molar-refractivity contribution in [3.8, 4) is 0 Å². The lowest BCUT2D eigenvalue weighted by molar-refractivity contribution is 0.922. The van der Waals surface area contributed by atoms with E-state index in [1.54, 1.807) is 0 Å². The lowest BCUT2D eigenvalue weighted by Crippen LogP contribution is -2.02. The van der Waals surface area contributed by atoms with Gasteiger partial charge in [-0.3, -0.25) is 4.40 Å². The van der Waals surface area contributed by atoms with Crippen LogP contribution in [0.15, 0.2) is 42.5 Å². The molecule has 0 atom stereocenters. The minimum absolute atomic E-state index is 0.728. The van der Waals surface area contributed by atoms with Crippen molar-refractivity contribution in [2.75, 3.05) is 5.32 Å². The zero-order valence-corrected chi connectivity index (χ0v) is 14.0. The van der Waals surface area contributed by atoms with Crippen molar-refractivity contribution >= 4 is 28.2 Å². The molecule has 0 spiro atoms. The third kappa shape index (κ3) is 2.38. The van der Waals surface area contributed by atoms with Gasteiger partial charge in [0.15, 0.2) is 5.82 Å². The van der Waals surface area contributed by atoms with Crippen molar-refractivity contribution in [3.63, 3.8) is 0 Å². The number of nitrogens with zero attached hydrogens (tertiary/aromatic N) is 4. The second kappa shape index (κ2) is 5.60. The fraction of sp³-hybridized carbons (Fsp3) is 0.211. The molecule has 24 heavy (non-hydrogen) atoms. The molecule has 2 aromatic carbocycles. The highest BCUT2D eigenvalue weighted by molar-refractivity contribution is 5.84. The number of para-hydroxylation sites is 2. The molecule has 5 heteroatoms. The standard InChI is InChI=1S/C19H19N5/c1-4-17-22-23-19-18(20-14-10-12(2)9-13(3)11-14)21-15-7-5-6-8-16(15)24(17)19/h5-11H,4H2,1-3H3,(H,20,21). The van der Waals surface area contributed by atoms with E-state index in [-0.39, 0.29) is 0 Å². The maximum atomic E-state index is 4.77. The van der Waals surface area contributed by atoms with Crippen LogP contribution in [0.2, 0.25) is 0 Å². The molecule has 4 rings (SSSR count). The SMILES string of the molecule is CCc1nnc2c(Nc3cc(C)cc(C)c3)nc3ccccc3n12. The van der Waals surface area contributed by atoms with Gasteiger partial charge in [0.2, 0.25) is 5.65 Å². The average Bonchev–Trinajstić information content (AvgIpc) is 2.98. The van der Waals surface area contributed by atoms with Gasteiger partial charge in [0, 0.05) is 12.1 Å². The fourth-order valence-corrected chi connectivity index (χ4v) is 3.14. The summed E-state index contributed by atoms with van der Waals surface area (Å²) in [5.74, 6) is 1.66. The first-order valence-electron chi connectivity index (χ1n) is 8.14. The highest BCUT2D eigenvalue weighted by Crippen LogP contribution is 2.25. The number of rotatable bonds is 3. The molecule has 0 saturated carbocycles. The summed E-state index contributed by atoms with van der Waals surface area (Å²) in [6.45, 7) is 6.27. The topological polar surface area (TPSA) is 55.1 Å². The zero-order chi connectivity index (χ0) is 16.7. The summed E-state index contributed by atoms with van der Waals surface area (Å²) in [4.78, 5) is 4.77. The van der Waals surface area contributed by atoms with E-state index in [4.69, 9.17) is 4.98 Å². The lowest BCUT2D eigenvalue weighted by Gasteiger charge is -2.11. The number of hydrogen-bond donors (Lipinski definition) is 1. The van der Waals surface area contributed by atoms with Gasteiger partial charge in [0.25, 0.3) is 0 Å². The first-order valence-corrected chi connectivity index (χ1v) is 8.14. The minimum Gasteiger partial charge on any atom is -0.337 e. The molecule has 0 fully saturated rings. The highest BCUT2D eigenvalue weighted by Gasteiger charge is 2.14. The van der Waals surface area contributed by atoms with Crippen LogP contribution in [0.25, 0.3) is 16.7 Å². The Labute approximate surface area is 140 Å². The molecule has 1 N–H and O–H groups in total. The van der Waals surface area contributed by atoms with E-state index >= 15 is 0 Å². The smallest absolute Gasteiger partial charge is 0.204 e. The molecule has 0 radical (unpaired) electrons. The van der Waals surface area contributed by atoms with E-state index in [9.17, 15) is 0 Å². The molecule has 2 aromatic heterocycles. The monoisotopic (exact) mass is 317 g/mol. The Morgan fingerprint density at radius 1 is 1.00 bits per heavy atom. The molecule has 0 aliphatic carbocycles. The van der Waals surface area contributed by atoms with Crippen molar-refractivity contribution in [3.05, 3.63) is 59.4 Å². The van der Waals surface area contributed by atoms with Gasteiger partial charge in [-0.05, 0) is 49.2 Å². The summed E-state index contributed by atoms with van der Waals surface area (Å²) in [5.41, 5.74) is 6.14. The van der Waals surface area contributed by atoms with Gasteiger partial charge in [-0.15, -0.1) is 10.2 Å². The van der Waals surface area contributed by atoms with Crippen molar-refractivity contribution in [2.45, 2.75) is 27.2 Å². The normalized spacial score (nSPS) is 11.3. The zero-order valence-electron chi connectivity index (χ0n) is 14.0. The van der Waals surface area contributed by atoms with E-state index < -0.39 is 0 Å². The Balaban J connectivity index is 1.95. The van der Waals surface area contributed by atoms with Crippen LogP contribution < -0.4 is 5.32 Å². The Morgan fingerprint density at radius 3 is 2.50 bits per heavy atom. The maximum absolute atomic E-state index is 4.77. The van der Waals surface area contributed by atoms with Crippen molar-refractivity contribution in [2.24, 2.45) is 0 Å². The quantitative estimate of drug-likeness (QED) is 0.615. The molecule has 2 heterocycles. The molecule has 5 nitrogen and oxygen atoms in total. The van der Waals surface area contributed by atoms with Gasteiger partial charge >= 0.3 is 0 Å². The summed E-state index contributed by atoms with van der Waals surface area (Å²) in [6, 6.07) is 14.5. The summed E-state index contributed by atoms with van der Waals surface area (Å²) >= 11 is 0. The van der Waals surface area contributed by atoms with Crippen LogP contribution in [0.4, 0.5) is 11.5 Å². The number of aryl methyl sites for hydroxylation is 3. The van der Waals surface area contributed by atoms with E-state index in [2.05, 4.69) is 65.0 Å². The Morgan fingerprint density at radius 2 is 1.75 bits per heavy atom. The van der Waals surface area contributed by atoms with E-state index in [0.29, 0.717) is 0 Å². The van der Waals surface area contributed by atoms with Crippen LogP contribution >= 0.6 is 0 Å². The van der Waals surface area contributed by atoms with Crippen molar-refractivity contribution in [1.82, 2.24) is 19.6 Å². The lowest BCUT2D eigenvalue weighted by atomic mass is 10.1. The van der Waals surface area contributed by atoms with Crippen molar-refractivity contribution < 1.29 is 0 Å². The van der Waals surface area contributed by atoms with E-state index in [1.165, 1.54) is 11.1 Å². The molecule has 0 saturated heterocycles. The van der Waals surface area contributed by atoms with Crippen molar-refractivity contribution in [1.29, 1.82) is 0 Å². The van der Waals surface area contributed by atoms with Crippen LogP contribution in [0.3, 0.4) is 0 Å². The number of hydrogen-bond acceptors (Lipinski definition) is 4. The summed E-state index contributed by atoms with van der Waals surface area (Å²) in [7, 11) is 0. The first kappa shape index (κ1) is 14.6. The van der Waals surface area contributed by atoms with Gasteiger partial charge in [0.1, 0.15) is 5.82 Å². The Bertz CT molecular complexity index is 1030. The van der Waals surface area contributed by atoms with Crippen LogP contribution in [0.5, 0.6) is 0 Å². The number of anilines is 2. The van der Waals surface area contributed by atoms with Crippen LogP contribution in [0.1, 0.15) is 23.9 Å². The van der Waals surface area contributed by atoms with Crippen LogP contribution in [-0.4, -0.2) is 19.6 Å². The summed E-state index contributed by atoms with van der Waals surface area (Å²) in [6.07, 6.45) is 0.818. The molecular weight excluding hydrogens is 298 g/mol. The number of benzene rings is 2. The van der Waals surface area contributed by atoms with Gasteiger partial charge in [-0.1, -0.05) is 25.1 Å². The molecule has 0 amide bonds. The molecular formula is C19H19N5. The molecule has 0 unspecified atom stereocenters. The van der Waals surface area contributed by atoms with Gasteiger partial charge < -0.3 is 5.32 Å². The first-order chi connectivity index (χ1) is 11.7. The predicted octanol–water partition coefficient (Wildman–Crippen LogP) is 4.20. The second-order valence-electron chi connectivity index (χ2n) is 6.08. The van der Waals surface area contributed by atoms with Gasteiger partial charge in [0.05, 0.1) is 11.0 Å². The Kier molecular flexibility index (Phi) is 3.41. The minimum atomic E-state index is 0.728. The molecule has 0 aliphatic rings. The summed E-state index contributed by atoms with van der Waals surface area (Å²) in [5, 5.41) is 12.1. The third-order valence-electron chi connectivity index (χ3n) is 4.10. The van der Waals surface area contributed by atoms with Gasteiger partial charge in [-0.2, -0.15) is 0 Å². The average molecular weight is 317 g/mol. The summed E-state index contributed by atoms with van der Waals surface area (Å²) < 4.78 is 2.09. The van der Waals surface area contributed by atoms with Gasteiger partial charge in [-0.25, -0.2) is 4.98 Å². The highest BCUT2D eigenvalue weighted by atomic mass is 15.3. The third-order valence-corrected chi connectivity index (χ3v) is 4.10. The van der Waals surface area contributed by atoms with E-state index in [0.717, 1.165) is 40.4 Å². The number of aromatic nitrogens is 4. The number of fused-ring (bicyclic) bond motifs is 3. The van der Waals surface area contributed by atoms with E-state index in [1.807, 2.05) is 18.2 Å². The maximum Gasteiger partial charge on any atom is 0.204 e. The molecule has 0 bridgehead atoms. The fourth-order valence-electron chi connectivity index (χ4n) is 3.14. The molecule has 0 aliphatic heterocycles. The van der Waals surface area contributed by atoms with Crippen LogP contribution in [-0.2, 0) is 6.42 Å². The number of nitrogens with one attached hydrogen (secondary N) is 1.